The normalized spacial score (nSPS) is 11.9. The van der Waals surface area contributed by atoms with Crippen molar-refractivity contribution in [2.75, 3.05) is 23.3 Å². The van der Waals surface area contributed by atoms with E-state index in [1.807, 2.05) is 80.4 Å². The second kappa shape index (κ2) is 34.7. The van der Waals surface area contributed by atoms with Crippen LogP contribution in [-0.4, -0.2) is 61.6 Å². The number of aromatic nitrogens is 11. The molecule has 16 rings (SSSR count). The Bertz CT molecular complexity index is 4970. The third kappa shape index (κ3) is 20.6. The number of nitrogens with one attached hydrogen (secondary N) is 5. The van der Waals surface area contributed by atoms with Gasteiger partial charge in [0.1, 0.15) is 5.82 Å². The van der Waals surface area contributed by atoms with Gasteiger partial charge in [-0.3, -0.25) is 20.1 Å². The molecule has 0 aliphatic carbocycles. The summed E-state index contributed by atoms with van der Waals surface area (Å²) in [4.78, 5) is 35.3. The molecular weight excluding hydrogens is 1290 g/mol. The number of nitrogen functional groups attached to an aromatic ring is 2. The number of pyridine rings is 4. The van der Waals surface area contributed by atoms with Gasteiger partial charge >= 0.3 is 0 Å². The van der Waals surface area contributed by atoms with E-state index in [0.29, 0.717) is 41.4 Å². The summed E-state index contributed by atoms with van der Waals surface area (Å²) in [7, 11) is 0. The van der Waals surface area contributed by atoms with Crippen LogP contribution in [0.5, 0.6) is 0 Å². The molecule has 9 heterocycles. The summed E-state index contributed by atoms with van der Waals surface area (Å²) in [5.41, 5.74) is 32.1. The summed E-state index contributed by atoms with van der Waals surface area (Å²) in [6.07, 6.45) is 10.6. The maximum Gasteiger partial charge on any atom is 0.198 e. The van der Waals surface area contributed by atoms with Crippen molar-refractivity contribution in [3.8, 4) is 0 Å². The predicted molar refractivity (Wildman–Crippen MR) is 448 cm³/mol. The lowest BCUT2D eigenvalue weighted by atomic mass is 9.86. The number of rotatable bonds is 5. The molecular formula is C91H112N14. The molecule has 0 saturated carbocycles. The van der Waals surface area contributed by atoms with E-state index in [2.05, 4.69) is 325 Å². The van der Waals surface area contributed by atoms with Gasteiger partial charge in [0, 0.05) is 65.8 Å². The first-order valence-corrected chi connectivity index (χ1v) is 37.1. The SMILES string of the molecule is CC(C)(C)c1cc2ccccc2cn1.CC(C)(C)c1ccc2ccccc2c1.CC(C)(C)c1ccc2ccccc2c1.CC(C)c1cccc2[nH]c(N)nc12.CC(C)c1cccc2c(N)n[nH]c12.CC(C)c1ccnc2c1NCC2.CC(C)c1ccnc2cc[nH]c12.Cc1nc2nccc(C(C)C)c2[nH]1. The number of nitrogens with two attached hydrogens (primary N) is 2. The maximum atomic E-state index is 5.70. The monoisotopic (exact) mass is 1400 g/mol. The highest BCUT2D eigenvalue weighted by Gasteiger charge is 2.19. The number of para-hydroxylation sites is 2. The number of hydrogen-bond acceptors (Lipinski definition) is 10. The van der Waals surface area contributed by atoms with E-state index in [0.717, 1.165) is 63.1 Å². The van der Waals surface area contributed by atoms with Gasteiger partial charge in [0.2, 0.25) is 0 Å². The zero-order valence-corrected chi connectivity index (χ0v) is 65.7. The molecule has 14 heteroatoms. The Kier molecular flexibility index (Phi) is 25.9. The number of H-pyrrole nitrogens is 4. The fraction of sp³-hybridized carbons (Fsp3) is 0.330. The topological polar surface area (TPSA) is 217 Å². The van der Waals surface area contributed by atoms with Gasteiger partial charge in [-0.15, -0.1) is 0 Å². The van der Waals surface area contributed by atoms with Gasteiger partial charge in [0.05, 0.1) is 44.5 Å². The molecule has 0 atom stereocenters. The Balaban J connectivity index is 0.000000139. The van der Waals surface area contributed by atoms with Crippen LogP contribution < -0.4 is 16.8 Å². The first kappa shape index (κ1) is 78.4. The number of fused-ring (bicyclic) bond motifs is 8. The number of aryl methyl sites for hydroxylation is 1. The Morgan fingerprint density at radius 1 is 0.429 bits per heavy atom. The van der Waals surface area contributed by atoms with E-state index >= 15 is 0 Å². The molecule has 0 amide bonds. The van der Waals surface area contributed by atoms with E-state index < -0.39 is 0 Å². The maximum absolute atomic E-state index is 5.70. The second-order valence-electron chi connectivity index (χ2n) is 31.8. The van der Waals surface area contributed by atoms with Gasteiger partial charge in [-0.05, 0) is 156 Å². The largest absolute Gasteiger partial charge is 0.383 e. The molecule has 0 spiro atoms. The van der Waals surface area contributed by atoms with Gasteiger partial charge in [0.25, 0.3) is 0 Å². The third-order valence-corrected chi connectivity index (χ3v) is 18.7. The fourth-order valence-corrected chi connectivity index (χ4v) is 12.6. The van der Waals surface area contributed by atoms with Gasteiger partial charge in [-0.1, -0.05) is 265 Å². The Morgan fingerprint density at radius 3 is 1.50 bits per heavy atom. The van der Waals surface area contributed by atoms with Crippen molar-refractivity contribution in [3.05, 3.63) is 263 Å². The number of imidazole rings is 2. The Hall–Kier alpha value is -10.7. The van der Waals surface area contributed by atoms with Crippen LogP contribution in [-0.2, 0) is 22.7 Å². The van der Waals surface area contributed by atoms with Crippen molar-refractivity contribution in [2.45, 2.75) is 191 Å². The minimum atomic E-state index is 0.129. The Labute approximate surface area is 622 Å². The van der Waals surface area contributed by atoms with Crippen molar-refractivity contribution >= 4 is 93.9 Å². The molecule has 1 aliphatic rings. The molecule has 9 N–H and O–H groups in total. The molecule has 105 heavy (non-hydrogen) atoms. The molecule has 0 bridgehead atoms. The van der Waals surface area contributed by atoms with E-state index in [9.17, 15) is 0 Å². The zero-order chi connectivity index (χ0) is 75.9. The zero-order valence-electron chi connectivity index (χ0n) is 65.7. The number of benzene rings is 7. The summed E-state index contributed by atoms with van der Waals surface area (Å²) in [6, 6.07) is 61.4. The van der Waals surface area contributed by atoms with Crippen LogP contribution >= 0.6 is 0 Å². The fourth-order valence-electron chi connectivity index (χ4n) is 12.6. The molecule has 546 valence electrons. The highest BCUT2D eigenvalue weighted by Crippen LogP contribution is 2.33. The lowest BCUT2D eigenvalue weighted by Crippen LogP contribution is -2.12. The van der Waals surface area contributed by atoms with E-state index in [1.165, 1.54) is 88.2 Å². The first-order valence-electron chi connectivity index (χ1n) is 37.1. The van der Waals surface area contributed by atoms with Crippen LogP contribution in [0.2, 0.25) is 0 Å². The van der Waals surface area contributed by atoms with Crippen molar-refractivity contribution in [1.29, 1.82) is 0 Å². The predicted octanol–water partition coefficient (Wildman–Crippen LogP) is 23.6. The third-order valence-electron chi connectivity index (χ3n) is 18.7. The van der Waals surface area contributed by atoms with Gasteiger partial charge in [-0.2, -0.15) is 5.10 Å². The van der Waals surface area contributed by atoms with Crippen molar-refractivity contribution in [3.63, 3.8) is 0 Å². The molecule has 0 radical (unpaired) electrons. The van der Waals surface area contributed by atoms with Crippen LogP contribution in [0, 0.1) is 6.92 Å². The van der Waals surface area contributed by atoms with Crippen molar-refractivity contribution < 1.29 is 0 Å². The first-order chi connectivity index (χ1) is 49.9. The quantitative estimate of drug-likeness (QED) is 0.0865. The molecule has 15 aromatic rings. The number of nitrogens with zero attached hydrogens (tertiary/aromatic N) is 7. The lowest BCUT2D eigenvalue weighted by Gasteiger charge is -2.19. The molecule has 7 aromatic carbocycles. The highest BCUT2D eigenvalue weighted by atomic mass is 15.2. The van der Waals surface area contributed by atoms with Crippen LogP contribution in [0.25, 0.3) is 76.5 Å². The Morgan fingerprint density at radius 2 is 0.933 bits per heavy atom. The van der Waals surface area contributed by atoms with E-state index in [1.54, 1.807) is 0 Å². The summed E-state index contributed by atoms with van der Waals surface area (Å²) in [5.74, 6) is 4.61. The molecule has 1 aliphatic heterocycles. The van der Waals surface area contributed by atoms with Crippen molar-refractivity contribution in [2.24, 2.45) is 0 Å². The molecule has 0 fully saturated rings. The summed E-state index contributed by atoms with van der Waals surface area (Å²) in [5, 5.41) is 19.1. The smallest absolute Gasteiger partial charge is 0.198 e. The summed E-state index contributed by atoms with van der Waals surface area (Å²) < 4.78 is 0. The van der Waals surface area contributed by atoms with Gasteiger partial charge in [0.15, 0.2) is 17.4 Å². The molecule has 0 saturated heterocycles. The summed E-state index contributed by atoms with van der Waals surface area (Å²) >= 11 is 0. The average molecular weight is 1400 g/mol. The minimum Gasteiger partial charge on any atom is -0.383 e. The highest BCUT2D eigenvalue weighted by molar-refractivity contribution is 5.91. The van der Waals surface area contributed by atoms with Gasteiger partial charge < -0.3 is 31.7 Å². The van der Waals surface area contributed by atoms with Crippen LogP contribution in [0.1, 0.15) is 217 Å². The molecule has 8 aromatic heterocycles. The number of hydrogen-bond donors (Lipinski definition) is 7. The van der Waals surface area contributed by atoms with Crippen LogP contribution in [0.4, 0.5) is 17.5 Å². The summed E-state index contributed by atoms with van der Waals surface area (Å²) in [6.45, 7) is 44.8. The van der Waals surface area contributed by atoms with E-state index in [-0.39, 0.29) is 16.2 Å². The lowest BCUT2D eigenvalue weighted by molar-refractivity contribution is 0.570. The van der Waals surface area contributed by atoms with Gasteiger partial charge in [-0.25, -0.2) is 15.0 Å². The molecule has 14 nitrogen and oxygen atoms in total. The van der Waals surface area contributed by atoms with Crippen LogP contribution in [0.3, 0.4) is 0 Å². The van der Waals surface area contributed by atoms with E-state index in [4.69, 9.17) is 11.5 Å². The standard InChI is InChI=1S/2C14H16.C13H15N.3C10H13N3.C10H14N2.C10H12N2/c2*1-14(2,3)13-9-8-11-6-4-5-7-12(11)10-13;1-13(2,3)12-8-10-6-4-5-7-11(10)9-14-12;1-6(2)8-4-5-11-10-9(8)12-7(3)13-10;1-6(2)7-4-3-5-8-9(7)13-10(11)12-8;1-6(2)7-4-3-5-8-9(7)12-13-10(8)11;2*1-7(2)8-3-5-11-9-4-6-12-10(8)9/h2*4-10H,1-3H3;4-9H,1-3H3;4-6H,1-3H3,(H,11,12,13);2*3-6H,1-2H3,(H3,11,12,13);3,5,7,12H,4,6H2,1-2H3;3-7,12H,1-2H3. The average Bonchev–Trinajstić information content (AvgIpc) is 1.57. The number of anilines is 3. The second-order valence-corrected chi connectivity index (χ2v) is 31.8. The minimum absolute atomic E-state index is 0.129. The number of aromatic amines is 4. The van der Waals surface area contributed by atoms with Crippen molar-refractivity contribution in [1.82, 2.24) is 55.1 Å². The molecule has 0 unspecified atom stereocenters. The van der Waals surface area contributed by atoms with Crippen LogP contribution in [0.15, 0.2) is 207 Å².